The smallest absolute Gasteiger partial charge is 0.230 e. The summed E-state index contributed by atoms with van der Waals surface area (Å²) in [6, 6.07) is 6.15. The van der Waals surface area contributed by atoms with E-state index in [1.54, 1.807) is 12.4 Å². The van der Waals surface area contributed by atoms with Crippen LogP contribution in [0.3, 0.4) is 0 Å². The number of aryl methyl sites for hydroxylation is 1. The molecule has 0 amide bonds. The number of hydrogen-bond donors (Lipinski definition) is 3. The molecule has 204 valence electrons. The largest absolute Gasteiger partial charge is 0.340 e. The van der Waals surface area contributed by atoms with Gasteiger partial charge in [-0.25, -0.2) is 18.7 Å². The number of nitrogens with one attached hydrogen (secondary N) is 3. The molecule has 3 N–H and O–H groups in total. The first-order chi connectivity index (χ1) is 18.0. The Morgan fingerprint density at radius 1 is 1.00 bits per heavy atom. The Hall–Kier alpha value is -3.11. The molecule has 1 atom stereocenters. The second kappa shape index (κ2) is 11.7. The van der Waals surface area contributed by atoms with Gasteiger partial charge in [-0.1, -0.05) is 10.7 Å². The Balaban J connectivity index is 1.50. The van der Waals surface area contributed by atoms with Gasteiger partial charge < -0.3 is 20.3 Å². The SMILES string of the molecule is CC=S(Nc1cc(F)cc(Nc2nc(Nc3cc(F)c(C4CCN(C)CC4)cn3)ncc2C)c1)C(C)(C)C. The second-order valence-electron chi connectivity index (χ2n) is 10.7. The van der Waals surface area contributed by atoms with E-state index < -0.39 is 0 Å². The van der Waals surface area contributed by atoms with Gasteiger partial charge in [0, 0.05) is 45.7 Å². The van der Waals surface area contributed by atoms with E-state index in [1.807, 2.05) is 19.9 Å². The van der Waals surface area contributed by atoms with Gasteiger partial charge in [-0.3, -0.25) is 0 Å². The van der Waals surface area contributed by atoms with Crippen LogP contribution in [0.5, 0.6) is 0 Å². The predicted molar refractivity (Wildman–Crippen MR) is 156 cm³/mol. The Bertz CT molecular complexity index is 1320. The highest BCUT2D eigenvalue weighted by molar-refractivity contribution is 8.17. The lowest BCUT2D eigenvalue weighted by Gasteiger charge is -2.29. The maximum Gasteiger partial charge on any atom is 0.230 e. The van der Waals surface area contributed by atoms with Crippen LogP contribution < -0.4 is 15.4 Å². The summed E-state index contributed by atoms with van der Waals surface area (Å²) in [4.78, 5) is 15.5. The molecule has 1 saturated heterocycles. The van der Waals surface area contributed by atoms with E-state index in [1.165, 1.54) is 18.2 Å². The first-order valence-corrected chi connectivity index (χ1v) is 14.1. The van der Waals surface area contributed by atoms with Crippen LogP contribution in [-0.2, 0) is 0 Å². The number of piperidine rings is 1. The van der Waals surface area contributed by atoms with Crippen molar-refractivity contribution in [2.24, 2.45) is 0 Å². The molecule has 7 nitrogen and oxygen atoms in total. The van der Waals surface area contributed by atoms with Gasteiger partial charge in [0.25, 0.3) is 0 Å². The number of halogens is 2. The molecule has 1 aliphatic heterocycles. The van der Waals surface area contributed by atoms with E-state index in [-0.39, 0.29) is 38.9 Å². The monoisotopic (exact) mass is 541 g/mol. The van der Waals surface area contributed by atoms with Crippen molar-refractivity contribution in [3.8, 4) is 0 Å². The van der Waals surface area contributed by atoms with Gasteiger partial charge >= 0.3 is 0 Å². The lowest BCUT2D eigenvalue weighted by Crippen LogP contribution is -2.29. The number of hydrogen-bond acceptors (Lipinski definition) is 7. The highest BCUT2D eigenvalue weighted by Crippen LogP contribution is 2.34. The summed E-state index contributed by atoms with van der Waals surface area (Å²) in [7, 11) is 1.84. The molecule has 1 aromatic carbocycles. The predicted octanol–water partition coefficient (Wildman–Crippen LogP) is 6.97. The van der Waals surface area contributed by atoms with E-state index in [4.69, 9.17) is 0 Å². The van der Waals surface area contributed by atoms with E-state index in [2.05, 4.69) is 68.4 Å². The maximum atomic E-state index is 14.9. The first kappa shape index (κ1) is 27.9. The van der Waals surface area contributed by atoms with Crippen molar-refractivity contribution in [1.82, 2.24) is 19.9 Å². The van der Waals surface area contributed by atoms with Gasteiger partial charge in [0.1, 0.15) is 23.3 Å². The van der Waals surface area contributed by atoms with Crippen LogP contribution in [0.1, 0.15) is 57.6 Å². The van der Waals surface area contributed by atoms with Crippen LogP contribution in [0.25, 0.3) is 0 Å². The molecule has 0 saturated carbocycles. The van der Waals surface area contributed by atoms with Crippen molar-refractivity contribution in [3.05, 3.63) is 59.4 Å². The molecule has 3 aromatic rings. The van der Waals surface area contributed by atoms with Gasteiger partial charge in [0.05, 0.1) is 0 Å². The van der Waals surface area contributed by atoms with Crippen molar-refractivity contribution >= 4 is 45.0 Å². The van der Waals surface area contributed by atoms with Gasteiger partial charge in [0.2, 0.25) is 5.95 Å². The molecule has 0 radical (unpaired) electrons. The van der Waals surface area contributed by atoms with Crippen molar-refractivity contribution < 1.29 is 8.78 Å². The third kappa shape index (κ3) is 7.05. The molecule has 1 unspecified atom stereocenters. The van der Waals surface area contributed by atoms with E-state index in [0.29, 0.717) is 28.6 Å². The minimum atomic E-state index is -0.361. The van der Waals surface area contributed by atoms with Crippen molar-refractivity contribution in [3.63, 3.8) is 0 Å². The molecule has 10 heteroatoms. The maximum absolute atomic E-state index is 14.9. The van der Waals surface area contributed by atoms with Gasteiger partial charge in [0.15, 0.2) is 0 Å². The molecule has 2 aromatic heterocycles. The van der Waals surface area contributed by atoms with Gasteiger partial charge in [-0.15, -0.1) is 0 Å². The number of aromatic nitrogens is 3. The molecule has 0 spiro atoms. The fourth-order valence-corrected chi connectivity index (χ4v) is 5.93. The molecule has 1 fully saturated rings. The first-order valence-electron chi connectivity index (χ1n) is 12.8. The fourth-order valence-electron chi connectivity index (χ4n) is 4.42. The van der Waals surface area contributed by atoms with E-state index >= 15 is 0 Å². The summed E-state index contributed by atoms with van der Waals surface area (Å²) in [6.07, 6.45) is 5.11. The Morgan fingerprint density at radius 2 is 1.71 bits per heavy atom. The number of likely N-dealkylation sites (tertiary alicyclic amines) is 1. The normalized spacial score (nSPS) is 15.9. The lowest BCUT2D eigenvalue weighted by molar-refractivity contribution is 0.253. The summed E-state index contributed by atoms with van der Waals surface area (Å²) in [5.74, 6) is 0.651. The highest BCUT2D eigenvalue weighted by atomic mass is 32.2. The highest BCUT2D eigenvalue weighted by Gasteiger charge is 2.22. The number of anilines is 5. The number of benzene rings is 1. The number of nitrogens with zero attached hydrogens (tertiary/aromatic N) is 4. The number of pyridine rings is 1. The van der Waals surface area contributed by atoms with Crippen molar-refractivity contribution in [2.45, 2.75) is 58.1 Å². The van der Waals surface area contributed by atoms with Crippen LogP contribution in [-0.4, -0.2) is 50.1 Å². The molecule has 0 bridgehead atoms. The summed E-state index contributed by atoms with van der Waals surface area (Å²) < 4.78 is 32.9. The summed E-state index contributed by atoms with van der Waals surface area (Å²) >= 11 is 0. The van der Waals surface area contributed by atoms with E-state index in [0.717, 1.165) is 31.5 Å². The van der Waals surface area contributed by atoms with Crippen LogP contribution >= 0.6 is 10.7 Å². The summed E-state index contributed by atoms with van der Waals surface area (Å²) in [6.45, 7) is 12.2. The topological polar surface area (TPSA) is 78.0 Å². The molecule has 1 aliphatic rings. The lowest BCUT2D eigenvalue weighted by atomic mass is 9.90. The average Bonchev–Trinajstić information content (AvgIpc) is 2.84. The van der Waals surface area contributed by atoms with Crippen molar-refractivity contribution in [1.29, 1.82) is 0 Å². The van der Waals surface area contributed by atoms with E-state index in [9.17, 15) is 8.78 Å². The van der Waals surface area contributed by atoms with Crippen LogP contribution in [0.15, 0.2) is 36.7 Å². The zero-order valence-electron chi connectivity index (χ0n) is 22.9. The minimum absolute atomic E-state index is 0.00268. The third-order valence-electron chi connectivity index (χ3n) is 6.54. The molecule has 4 rings (SSSR count). The molecular formula is C28H37F2N7S. The zero-order valence-corrected chi connectivity index (χ0v) is 23.7. The zero-order chi connectivity index (χ0) is 27.4. The molecule has 3 heterocycles. The summed E-state index contributed by atoms with van der Waals surface area (Å²) in [5, 5.41) is 8.30. The quantitative estimate of drug-likeness (QED) is 0.279. The number of rotatable bonds is 7. The van der Waals surface area contributed by atoms with Crippen LogP contribution in [0.4, 0.5) is 37.7 Å². The molecule has 0 aliphatic carbocycles. The fraction of sp³-hybridized carbons (Fsp3) is 0.429. The standard InChI is InChI=1S/C28H37F2N7S/c1-7-38(28(3,4)5)36-22-13-20(29)12-21(14-22)33-26-18(2)16-32-27(35-26)34-25-15-24(30)23(17-31-25)19-8-10-37(6)11-9-19/h7,12-17,19,36H,8-11H2,1-6H3,(H2,31,32,33,34,35). The minimum Gasteiger partial charge on any atom is -0.340 e. The molecular weight excluding hydrogens is 504 g/mol. The van der Waals surface area contributed by atoms with Crippen LogP contribution in [0.2, 0.25) is 0 Å². The Kier molecular flexibility index (Phi) is 8.62. The Labute approximate surface area is 226 Å². The van der Waals surface area contributed by atoms with Crippen LogP contribution in [0, 0.1) is 18.6 Å². The van der Waals surface area contributed by atoms with Gasteiger partial charge in [-0.05, 0) is 97.1 Å². The average molecular weight is 542 g/mol. The molecule has 38 heavy (non-hydrogen) atoms. The summed E-state index contributed by atoms with van der Waals surface area (Å²) in [5.41, 5.74) is 2.67. The third-order valence-corrected chi connectivity index (χ3v) is 8.78. The van der Waals surface area contributed by atoms with Crippen molar-refractivity contribution in [2.75, 3.05) is 35.5 Å². The Morgan fingerprint density at radius 3 is 2.37 bits per heavy atom. The van der Waals surface area contributed by atoms with Gasteiger partial charge in [-0.2, -0.15) is 4.98 Å². The second-order valence-corrected chi connectivity index (χ2v) is 13.2.